The third-order valence-corrected chi connectivity index (χ3v) is 11.5. The summed E-state index contributed by atoms with van der Waals surface area (Å²) in [7, 11) is 4.08. The fourth-order valence-corrected chi connectivity index (χ4v) is 8.44. The monoisotopic (exact) mass is 861 g/mol. The predicted molar refractivity (Wildman–Crippen MR) is 238 cm³/mol. The molecule has 9 rings (SSSR count). The summed E-state index contributed by atoms with van der Waals surface area (Å²) in [5, 5.41) is 23.2. The van der Waals surface area contributed by atoms with E-state index >= 15 is 0 Å². The van der Waals surface area contributed by atoms with Gasteiger partial charge in [-0.25, -0.2) is 9.59 Å². The van der Waals surface area contributed by atoms with Gasteiger partial charge in [0.1, 0.15) is 24.8 Å². The zero-order valence-electron chi connectivity index (χ0n) is 33.6. The van der Waals surface area contributed by atoms with Crippen LogP contribution in [0.25, 0.3) is 10.8 Å². The van der Waals surface area contributed by atoms with Gasteiger partial charge in [-0.05, 0) is 53.6 Å². The summed E-state index contributed by atoms with van der Waals surface area (Å²) in [5.74, 6) is 0.367. The van der Waals surface area contributed by atoms with E-state index in [-0.39, 0.29) is 37.0 Å². The van der Waals surface area contributed by atoms with Crippen molar-refractivity contribution in [3.63, 3.8) is 0 Å². The summed E-state index contributed by atoms with van der Waals surface area (Å²) in [6.45, 7) is 4.25. The number of carbonyl (C=O) groups excluding carboxylic acids is 2. The third-order valence-electron chi connectivity index (χ3n) is 10.8. The molecule has 11 nitrogen and oxygen atoms in total. The highest BCUT2D eigenvalue weighted by molar-refractivity contribution is 9.10. The molecule has 2 aromatic heterocycles. The Labute approximate surface area is 356 Å². The van der Waals surface area contributed by atoms with Gasteiger partial charge in [0.15, 0.2) is 0 Å². The van der Waals surface area contributed by atoms with Gasteiger partial charge in [-0.3, -0.25) is 10.2 Å². The number of carbonyl (C=O) groups is 2. The lowest BCUT2D eigenvalue weighted by Crippen LogP contribution is -2.24. The first-order chi connectivity index (χ1) is 29.2. The number of ether oxygens (including phenoxy) is 2. The lowest BCUT2D eigenvalue weighted by molar-refractivity contribution is -0.141. The van der Waals surface area contributed by atoms with E-state index in [0.717, 1.165) is 77.3 Å². The first-order valence-corrected chi connectivity index (χ1v) is 20.4. The lowest BCUT2D eigenvalue weighted by atomic mass is 9.80. The van der Waals surface area contributed by atoms with Crippen molar-refractivity contribution in [1.82, 2.24) is 20.4 Å². The van der Waals surface area contributed by atoms with Crippen molar-refractivity contribution >= 4 is 56.0 Å². The molecule has 0 spiro atoms. The number of halogens is 1. The second kappa shape index (κ2) is 17.5. The molecule has 5 aromatic carbocycles. The van der Waals surface area contributed by atoms with Gasteiger partial charge in [-0.2, -0.15) is 10.2 Å². The van der Waals surface area contributed by atoms with Crippen LogP contribution in [0.4, 0.5) is 17.3 Å². The molecule has 302 valence electrons. The van der Waals surface area contributed by atoms with Gasteiger partial charge in [0.25, 0.3) is 0 Å². The van der Waals surface area contributed by atoms with Crippen LogP contribution in [0.15, 0.2) is 161 Å². The van der Waals surface area contributed by atoms with Crippen LogP contribution < -0.4 is 15.5 Å². The summed E-state index contributed by atoms with van der Waals surface area (Å²) in [4.78, 5) is 28.6. The molecule has 0 saturated carbocycles. The second-order valence-corrected chi connectivity index (χ2v) is 15.7. The average molecular weight is 863 g/mol. The smallest absolute Gasteiger partial charge is 0.337 e. The maximum absolute atomic E-state index is 13.4. The molecular formula is C48H44BrN7O4. The summed E-state index contributed by atoms with van der Waals surface area (Å²) < 4.78 is 12.4. The normalized spacial score (nSPS) is 15.5. The lowest BCUT2D eigenvalue weighted by Gasteiger charge is -2.29. The van der Waals surface area contributed by atoms with E-state index in [9.17, 15) is 9.59 Å². The molecule has 0 amide bonds. The molecule has 12 heteroatoms. The number of nitrogens with zero attached hydrogens (tertiary/aromatic N) is 3. The summed E-state index contributed by atoms with van der Waals surface area (Å²) >= 11 is 3.62. The van der Waals surface area contributed by atoms with Crippen molar-refractivity contribution in [1.29, 1.82) is 0 Å². The molecular weight excluding hydrogens is 818 g/mol. The molecule has 7 aromatic rings. The van der Waals surface area contributed by atoms with Gasteiger partial charge >= 0.3 is 11.9 Å². The van der Waals surface area contributed by atoms with E-state index in [4.69, 9.17) is 9.47 Å². The Bertz CT molecular complexity index is 2740. The van der Waals surface area contributed by atoms with Crippen LogP contribution in [0.2, 0.25) is 0 Å². The third kappa shape index (κ3) is 8.06. The van der Waals surface area contributed by atoms with E-state index in [1.807, 2.05) is 125 Å². The zero-order chi connectivity index (χ0) is 41.8. The van der Waals surface area contributed by atoms with Crippen LogP contribution in [-0.2, 0) is 32.3 Å². The number of nitrogens with one attached hydrogen (secondary N) is 4. The highest BCUT2D eigenvalue weighted by Crippen LogP contribution is 2.46. The van der Waals surface area contributed by atoms with Crippen molar-refractivity contribution in [3.05, 3.63) is 194 Å². The maximum atomic E-state index is 13.4. The topological polar surface area (TPSA) is 137 Å². The molecule has 0 bridgehead atoms. The van der Waals surface area contributed by atoms with Gasteiger partial charge < -0.3 is 25.0 Å². The number of hydrogen-bond acceptors (Lipinski definition) is 9. The van der Waals surface area contributed by atoms with Gasteiger partial charge in [0.05, 0.1) is 23.5 Å². The van der Waals surface area contributed by atoms with Crippen molar-refractivity contribution in [2.45, 2.75) is 38.9 Å². The fraction of sp³-hybridized carbons (Fsp3) is 0.167. The predicted octanol–water partition coefficient (Wildman–Crippen LogP) is 9.95. The van der Waals surface area contributed by atoms with E-state index in [1.54, 1.807) is 12.4 Å². The molecule has 0 fully saturated rings. The van der Waals surface area contributed by atoms with Gasteiger partial charge in [-0.1, -0.05) is 125 Å². The summed E-state index contributed by atoms with van der Waals surface area (Å²) in [6, 6.07) is 39.8. The standard InChI is InChI=1S/C27H26N4O2.C21H18BrN3O2/c1-17-24(27(32)33-16-18-9-5-4-6-10-18)25(22-15-28-30-26(22)29-17)21-13-14-23(31(2)3)20-12-8-7-11-19(20)21;1-13-18(21(26)27-12-14-7-3-2-4-8-14)19(15-9-5-6-10-17(15)22)16-11-23-25-20(16)24-13/h4-15,25H,16H2,1-3H3,(H2,28,29,30);2-11,19H,12H2,1H3,(H2,23,24,25). The molecule has 4 heterocycles. The zero-order valence-corrected chi connectivity index (χ0v) is 35.2. The van der Waals surface area contributed by atoms with Crippen LogP contribution in [0.5, 0.6) is 0 Å². The van der Waals surface area contributed by atoms with E-state index in [0.29, 0.717) is 11.1 Å². The molecule has 2 atom stereocenters. The maximum Gasteiger partial charge on any atom is 0.337 e. The van der Waals surface area contributed by atoms with Crippen LogP contribution in [0, 0.1) is 0 Å². The molecule has 2 aliphatic rings. The molecule has 4 N–H and O–H groups in total. The molecule has 0 radical (unpaired) electrons. The highest BCUT2D eigenvalue weighted by Gasteiger charge is 2.37. The number of allylic oxidation sites excluding steroid dienone is 2. The summed E-state index contributed by atoms with van der Waals surface area (Å²) in [6.07, 6.45) is 3.54. The first-order valence-electron chi connectivity index (χ1n) is 19.6. The second-order valence-electron chi connectivity index (χ2n) is 14.9. The van der Waals surface area contributed by atoms with Crippen molar-refractivity contribution in [3.8, 4) is 0 Å². The van der Waals surface area contributed by atoms with Gasteiger partial charge in [-0.15, -0.1) is 0 Å². The number of fused-ring (bicyclic) bond motifs is 3. The largest absolute Gasteiger partial charge is 0.457 e. The number of rotatable bonds is 9. The van der Waals surface area contributed by atoms with Crippen molar-refractivity contribution in [2.24, 2.45) is 0 Å². The number of hydrogen-bond donors (Lipinski definition) is 4. The Morgan fingerprint density at radius 2 is 1.05 bits per heavy atom. The molecule has 0 saturated heterocycles. The fourth-order valence-electron chi connectivity index (χ4n) is 7.93. The first kappa shape index (κ1) is 39.9. The van der Waals surface area contributed by atoms with Crippen LogP contribution in [0.1, 0.15) is 59.1 Å². The Morgan fingerprint density at radius 3 is 1.57 bits per heavy atom. The number of aromatic amines is 2. The number of anilines is 3. The van der Waals surface area contributed by atoms with Crippen LogP contribution in [-0.4, -0.2) is 46.4 Å². The minimum atomic E-state index is -0.337. The molecule has 2 aliphatic heterocycles. The number of esters is 2. The van der Waals surface area contributed by atoms with Gasteiger partial charge in [0.2, 0.25) is 0 Å². The van der Waals surface area contributed by atoms with Crippen LogP contribution >= 0.6 is 15.9 Å². The Hall–Kier alpha value is -6.92. The Morgan fingerprint density at radius 1 is 0.583 bits per heavy atom. The number of H-pyrrole nitrogens is 2. The Kier molecular flexibility index (Phi) is 11.6. The SMILES string of the molecule is CC1=C(C(=O)OCc2ccccc2)C(c2ccc(N(C)C)c3ccccc23)c2cn[nH]c2N1.CC1=C(C(=O)OCc2ccccc2)C(c2ccccc2Br)c2cn[nH]c2N1. The van der Waals surface area contributed by atoms with Gasteiger partial charge in [0, 0.05) is 64.0 Å². The van der Waals surface area contributed by atoms with Crippen molar-refractivity contribution in [2.75, 3.05) is 29.6 Å². The Balaban J connectivity index is 0.000000170. The highest BCUT2D eigenvalue weighted by atomic mass is 79.9. The number of benzene rings is 5. The van der Waals surface area contributed by atoms with Crippen molar-refractivity contribution < 1.29 is 19.1 Å². The van der Waals surface area contributed by atoms with E-state index in [1.165, 1.54) is 0 Å². The minimum Gasteiger partial charge on any atom is -0.457 e. The average Bonchev–Trinajstić information content (AvgIpc) is 3.94. The molecule has 60 heavy (non-hydrogen) atoms. The summed E-state index contributed by atoms with van der Waals surface area (Å²) in [5.41, 5.74) is 9.62. The molecule has 2 unspecified atom stereocenters. The van der Waals surface area contributed by atoms with E-state index < -0.39 is 0 Å². The minimum absolute atomic E-state index is 0.224. The van der Waals surface area contributed by atoms with E-state index in [2.05, 4.69) is 76.1 Å². The quantitative estimate of drug-likeness (QED) is 0.105. The van der Waals surface area contributed by atoms with Crippen LogP contribution in [0.3, 0.4) is 0 Å². The number of aromatic nitrogens is 4. The molecule has 0 aliphatic carbocycles.